The van der Waals surface area contributed by atoms with Crippen LogP contribution in [-0.2, 0) is 4.74 Å². The SMILES string of the molecule is CC(C)CCCOCCC(=N)N. The van der Waals surface area contributed by atoms with Crippen molar-refractivity contribution in [3.8, 4) is 0 Å². The third-order valence-corrected chi connectivity index (χ3v) is 1.59. The van der Waals surface area contributed by atoms with Crippen molar-refractivity contribution in [2.24, 2.45) is 11.7 Å². The highest BCUT2D eigenvalue weighted by Crippen LogP contribution is 2.02. The molecular weight excluding hydrogens is 152 g/mol. The topological polar surface area (TPSA) is 59.1 Å². The molecule has 12 heavy (non-hydrogen) atoms. The summed E-state index contributed by atoms with van der Waals surface area (Å²) in [6.45, 7) is 5.80. The van der Waals surface area contributed by atoms with Crippen molar-refractivity contribution >= 4 is 5.84 Å². The van der Waals surface area contributed by atoms with E-state index in [2.05, 4.69) is 13.8 Å². The molecule has 0 aromatic rings. The Morgan fingerprint density at radius 1 is 1.42 bits per heavy atom. The van der Waals surface area contributed by atoms with Crippen molar-refractivity contribution in [3.63, 3.8) is 0 Å². The van der Waals surface area contributed by atoms with Crippen LogP contribution in [0.2, 0.25) is 0 Å². The predicted molar refractivity (Wildman–Crippen MR) is 51.4 cm³/mol. The van der Waals surface area contributed by atoms with Crippen LogP contribution in [0.3, 0.4) is 0 Å². The minimum atomic E-state index is 0.207. The highest BCUT2D eigenvalue weighted by atomic mass is 16.5. The van der Waals surface area contributed by atoms with Crippen molar-refractivity contribution in [2.75, 3.05) is 13.2 Å². The summed E-state index contributed by atoms with van der Waals surface area (Å²) in [5.74, 6) is 0.959. The third kappa shape index (κ3) is 9.43. The first-order valence-corrected chi connectivity index (χ1v) is 4.53. The van der Waals surface area contributed by atoms with E-state index in [4.69, 9.17) is 15.9 Å². The molecule has 0 amide bonds. The van der Waals surface area contributed by atoms with E-state index in [0.717, 1.165) is 18.9 Å². The molecule has 0 aromatic carbocycles. The van der Waals surface area contributed by atoms with Gasteiger partial charge in [-0.2, -0.15) is 0 Å². The van der Waals surface area contributed by atoms with E-state index in [9.17, 15) is 0 Å². The quantitative estimate of drug-likeness (QED) is 0.349. The monoisotopic (exact) mass is 172 g/mol. The van der Waals surface area contributed by atoms with Gasteiger partial charge in [-0.05, 0) is 18.8 Å². The van der Waals surface area contributed by atoms with E-state index in [0.29, 0.717) is 13.0 Å². The average molecular weight is 172 g/mol. The van der Waals surface area contributed by atoms with Gasteiger partial charge in [0.15, 0.2) is 0 Å². The van der Waals surface area contributed by atoms with Gasteiger partial charge in [-0.3, -0.25) is 5.41 Å². The highest BCUT2D eigenvalue weighted by molar-refractivity contribution is 5.76. The summed E-state index contributed by atoms with van der Waals surface area (Å²) < 4.78 is 5.27. The molecule has 0 heterocycles. The van der Waals surface area contributed by atoms with E-state index >= 15 is 0 Å². The van der Waals surface area contributed by atoms with Gasteiger partial charge in [0.2, 0.25) is 0 Å². The summed E-state index contributed by atoms with van der Waals surface area (Å²) in [4.78, 5) is 0. The minimum absolute atomic E-state index is 0.207. The maximum absolute atomic E-state index is 6.94. The molecule has 0 unspecified atom stereocenters. The van der Waals surface area contributed by atoms with Gasteiger partial charge in [-0.15, -0.1) is 0 Å². The van der Waals surface area contributed by atoms with Crippen molar-refractivity contribution < 1.29 is 4.74 Å². The molecule has 0 aromatic heterocycles. The van der Waals surface area contributed by atoms with Crippen LogP contribution >= 0.6 is 0 Å². The van der Waals surface area contributed by atoms with Crippen molar-refractivity contribution in [1.82, 2.24) is 0 Å². The van der Waals surface area contributed by atoms with Gasteiger partial charge in [0, 0.05) is 13.0 Å². The fraction of sp³-hybridized carbons (Fsp3) is 0.889. The predicted octanol–water partition coefficient (Wildman–Crippen LogP) is 1.77. The molecule has 3 N–H and O–H groups in total. The van der Waals surface area contributed by atoms with Crippen molar-refractivity contribution in [2.45, 2.75) is 33.1 Å². The van der Waals surface area contributed by atoms with Gasteiger partial charge < -0.3 is 10.5 Å². The van der Waals surface area contributed by atoms with Gasteiger partial charge in [-0.1, -0.05) is 13.8 Å². The number of hydrogen-bond acceptors (Lipinski definition) is 2. The first kappa shape index (κ1) is 11.4. The lowest BCUT2D eigenvalue weighted by Crippen LogP contribution is -2.12. The lowest BCUT2D eigenvalue weighted by atomic mass is 10.1. The molecule has 0 fully saturated rings. The van der Waals surface area contributed by atoms with E-state index in [-0.39, 0.29) is 5.84 Å². The second-order valence-corrected chi connectivity index (χ2v) is 3.42. The largest absolute Gasteiger partial charge is 0.388 e. The zero-order valence-corrected chi connectivity index (χ0v) is 8.10. The van der Waals surface area contributed by atoms with Crippen LogP contribution in [0.15, 0.2) is 0 Å². The Hall–Kier alpha value is -0.570. The number of ether oxygens (including phenoxy) is 1. The molecule has 0 aliphatic carbocycles. The Bertz CT molecular complexity index is 124. The average Bonchev–Trinajstić information content (AvgIpc) is 1.95. The van der Waals surface area contributed by atoms with Gasteiger partial charge in [0.1, 0.15) is 0 Å². The smallest absolute Gasteiger partial charge is 0.0928 e. The summed E-state index contributed by atoms with van der Waals surface area (Å²) in [6.07, 6.45) is 2.87. The molecule has 0 aliphatic rings. The van der Waals surface area contributed by atoms with Crippen LogP contribution in [0.25, 0.3) is 0 Å². The Kier molecular flexibility index (Phi) is 6.76. The van der Waals surface area contributed by atoms with E-state index in [1.807, 2.05) is 0 Å². The van der Waals surface area contributed by atoms with Crippen LogP contribution in [0.5, 0.6) is 0 Å². The van der Waals surface area contributed by atoms with E-state index in [1.165, 1.54) is 6.42 Å². The number of nitrogens with one attached hydrogen (secondary N) is 1. The van der Waals surface area contributed by atoms with Crippen molar-refractivity contribution in [1.29, 1.82) is 5.41 Å². The van der Waals surface area contributed by atoms with Crippen LogP contribution in [0, 0.1) is 11.3 Å². The summed E-state index contributed by atoms with van der Waals surface area (Å²) in [5.41, 5.74) is 5.16. The summed E-state index contributed by atoms with van der Waals surface area (Å²) >= 11 is 0. The number of nitrogens with two attached hydrogens (primary N) is 1. The van der Waals surface area contributed by atoms with Crippen LogP contribution in [0.1, 0.15) is 33.1 Å². The Morgan fingerprint density at radius 3 is 2.58 bits per heavy atom. The summed E-state index contributed by atoms with van der Waals surface area (Å²) in [7, 11) is 0. The summed E-state index contributed by atoms with van der Waals surface area (Å²) in [6, 6.07) is 0. The molecular formula is C9H20N2O. The first-order chi connectivity index (χ1) is 5.63. The molecule has 0 saturated carbocycles. The normalized spacial score (nSPS) is 10.6. The van der Waals surface area contributed by atoms with Crippen molar-refractivity contribution in [3.05, 3.63) is 0 Å². The Labute approximate surface area is 74.8 Å². The van der Waals surface area contributed by atoms with Crippen LogP contribution < -0.4 is 5.73 Å². The Balaban J connectivity index is 2.96. The van der Waals surface area contributed by atoms with E-state index < -0.39 is 0 Å². The molecule has 0 saturated heterocycles. The number of rotatable bonds is 7. The molecule has 72 valence electrons. The van der Waals surface area contributed by atoms with Gasteiger partial charge in [-0.25, -0.2) is 0 Å². The standard InChI is InChI=1S/C9H20N2O/c1-8(2)4-3-6-12-7-5-9(10)11/h8H,3-7H2,1-2H3,(H3,10,11). The second kappa shape index (κ2) is 7.10. The first-order valence-electron chi connectivity index (χ1n) is 4.53. The maximum atomic E-state index is 6.94. The zero-order chi connectivity index (χ0) is 9.40. The molecule has 0 atom stereocenters. The lowest BCUT2D eigenvalue weighted by molar-refractivity contribution is 0.134. The van der Waals surface area contributed by atoms with Gasteiger partial charge in [0.05, 0.1) is 12.4 Å². The Morgan fingerprint density at radius 2 is 2.08 bits per heavy atom. The second-order valence-electron chi connectivity index (χ2n) is 3.42. The number of amidine groups is 1. The van der Waals surface area contributed by atoms with E-state index in [1.54, 1.807) is 0 Å². The summed E-state index contributed by atoms with van der Waals surface area (Å²) in [5, 5.41) is 6.94. The molecule has 3 heteroatoms. The highest BCUT2D eigenvalue weighted by Gasteiger charge is 1.94. The number of hydrogen-bond donors (Lipinski definition) is 2. The third-order valence-electron chi connectivity index (χ3n) is 1.59. The molecule has 3 nitrogen and oxygen atoms in total. The zero-order valence-electron chi connectivity index (χ0n) is 8.10. The van der Waals surface area contributed by atoms with Crippen LogP contribution in [-0.4, -0.2) is 19.0 Å². The lowest BCUT2D eigenvalue weighted by Gasteiger charge is -2.05. The fourth-order valence-corrected chi connectivity index (χ4v) is 0.878. The van der Waals surface area contributed by atoms with Gasteiger partial charge in [0.25, 0.3) is 0 Å². The molecule has 0 spiro atoms. The molecule has 0 rings (SSSR count). The molecule has 0 bridgehead atoms. The molecule has 0 radical (unpaired) electrons. The molecule has 0 aliphatic heterocycles. The van der Waals surface area contributed by atoms with Gasteiger partial charge >= 0.3 is 0 Å². The maximum Gasteiger partial charge on any atom is 0.0928 e. The fourth-order valence-electron chi connectivity index (χ4n) is 0.878. The minimum Gasteiger partial charge on any atom is -0.388 e. The van der Waals surface area contributed by atoms with Crippen LogP contribution in [0.4, 0.5) is 0 Å².